The number of halogens is 1. The van der Waals surface area contributed by atoms with Crippen molar-refractivity contribution in [3.8, 4) is 0 Å². The van der Waals surface area contributed by atoms with Gasteiger partial charge in [-0.1, -0.05) is 18.7 Å². The standard InChI is InChI=1S/C10H9ClO2/c1-2-7-3-4-9(10(12)13)8(5-7)6-11/h2-5H,1,6H2,(H,12,13). The number of hydrogen-bond acceptors (Lipinski definition) is 1. The third kappa shape index (κ3) is 2.10. The van der Waals surface area contributed by atoms with Crippen molar-refractivity contribution in [1.29, 1.82) is 0 Å². The van der Waals surface area contributed by atoms with E-state index in [2.05, 4.69) is 6.58 Å². The van der Waals surface area contributed by atoms with Crippen LogP contribution >= 0.6 is 11.6 Å². The van der Waals surface area contributed by atoms with E-state index in [0.717, 1.165) is 5.56 Å². The van der Waals surface area contributed by atoms with Crippen LogP contribution in [0.15, 0.2) is 24.8 Å². The lowest BCUT2D eigenvalue weighted by Crippen LogP contribution is -2.01. The summed E-state index contributed by atoms with van der Waals surface area (Å²) in [6, 6.07) is 4.97. The number of alkyl halides is 1. The zero-order valence-electron chi connectivity index (χ0n) is 6.96. The van der Waals surface area contributed by atoms with Crippen LogP contribution in [0.1, 0.15) is 21.5 Å². The SMILES string of the molecule is C=Cc1ccc(C(=O)O)c(CCl)c1. The van der Waals surface area contributed by atoms with E-state index in [-0.39, 0.29) is 11.4 Å². The summed E-state index contributed by atoms with van der Waals surface area (Å²) in [4.78, 5) is 10.7. The van der Waals surface area contributed by atoms with Crippen molar-refractivity contribution in [1.82, 2.24) is 0 Å². The van der Waals surface area contributed by atoms with Crippen molar-refractivity contribution < 1.29 is 9.90 Å². The summed E-state index contributed by atoms with van der Waals surface area (Å²) < 4.78 is 0. The Morgan fingerprint density at radius 3 is 2.77 bits per heavy atom. The topological polar surface area (TPSA) is 37.3 Å². The molecule has 1 N–H and O–H groups in total. The smallest absolute Gasteiger partial charge is 0.336 e. The van der Waals surface area contributed by atoms with Gasteiger partial charge in [-0.15, -0.1) is 11.6 Å². The van der Waals surface area contributed by atoms with Gasteiger partial charge in [0.15, 0.2) is 0 Å². The molecule has 0 fully saturated rings. The molecule has 0 saturated heterocycles. The highest BCUT2D eigenvalue weighted by atomic mass is 35.5. The predicted octanol–water partition coefficient (Wildman–Crippen LogP) is 2.77. The Bertz CT molecular complexity index is 345. The first-order valence-corrected chi connectivity index (χ1v) is 4.27. The zero-order chi connectivity index (χ0) is 9.84. The molecular formula is C10H9ClO2. The van der Waals surface area contributed by atoms with Gasteiger partial charge in [-0.3, -0.25) is 0 Å². The van der Waals surface area contributed by atoms with E-state index in [0.29, 0.717) is 5.56 Å². The Kier molecular flexibility index (Phi) is 3.09. The molecular weight excluding hydrogens is 188 g/mol. The van der Waals surface area contributed by atoms with Crippen LogP contribution in [0, 0.1) is 0 Å². The number of rotatable bonds is 3. The average molecular weight is 197 g/mol. The number of aromatic carboxylic acids is 1. The number of hydrogen-bond donors (Lipinski definition) is 1. The van der Waals surface area contributed by atoms with E-state index < -0.39 is 5.97 Å². The lowest BCUT2D eigenvalue weighted by atomic mass is 10.1. The molecule has 0 aliphatic heterocycles. The molecule has 2 nitrogen and oxygen atoms in total. The molecule has 0 spiro atoms. The minimum absolute atomic E-state index is 0.198. The van der Waals surface area contributed by atoms with Gasteiger partial charge in [-0.05, 0) is 23.3 Å². The van der Waals surface area contributed by atoms with Crippen molar-refractivity contribution >= 4 is 23.6 Å². The highest BCUT2D eigenvalue weighted by Crippen LogP contribution is 2.15. The molecule has 0 aliphatic carbocycles. The molecule has 68 valence electrons. The van der Waals surface area contributed by atoms with E-state index in [9.17, 15) is 4.79 Å². The first-order chi connectivity index (χ1) is 6.19. The maximum Gasteiger partial charge on any atom is 0.336 e. The summed E-state index contributed by atoms with van der Waals surface area (Å²) in [5, 5.41) is 8.78. The van der Waals surface area contributed by atoms with Gasteiger partial charge in [0.1, 0.15) is 0 Å². The van der Waals surface area contributed by atoms with Gasteiger partial charge >= 0.3 is 5.97 Å². The molecule has 0 radical (unpaired) electrons. The van der Waals surface area contributed by atoms with Crippen LogP contribution in [0.25, 0.3) is 6.08 Å². The molecule has 0 atom stereocenters. The summed E-state index contributed by atoms with van der Waals surface area (Å²) in [6.07, 6.45) is 1.65. The molecule has 3 heteroatoms. The molecule has 0 heterocycles. The number of carbonyl (C=O) groups is 1. The fraction of sp³-hybridized carbons (Fsp3) is 0.100. The maximum absolute atomic E-state index is 10.7. The van der Waals surface area contributed by atoms with Crippen molar-refractivity contribution in [3.05, 3.63) is 41.5 Å². The summed E-state index contributed by atoms with van der Waals surface area (Å²) in [5.41, 5.74) is 1.74. The van der Waals surface area contributed by atoms with Gasteiger partial charge in [0.05, 0.1) is 5.56 Å². The third-order valence-corrected chi connectivity index (χ3v) is 2.03. The molecule has 0 amide bonds. The van der Waals surface area contributed by atoms with E-state index in [1.807, 2.05) is 0 Å². The van der Waals surface area contributed by atoms with E-state index in [1.165, 1.54) is 6.07 Å². The molecule has 0 aliphatic rings. The van der Waals surface area contributed by atoms with E-state index >= 15 is 0 Å². The second-order valence-corrected chi connectivity index (χ2v) is 2.83. The van der Waals surface area contributed by atoms with Gasteiger partial charge in [-0.2, -0.15) is 0 Å². The molecule has 0 unspecified atom stereocenters. The van der Waals surface area contributed by atoms with Crippen LogP contribution in [0.2, 0.25) is 0 Å². The normalized spacial score (nSPS) is 9.62. The van der Waals surface area contributed by atoms with Crippen LogP contribution in [-0.4, -0.2) is 11.1 Å². The number of benzene rings is 1. The maximum atomic E-state index is 10.7. The number of carboxylic acids is 1. The molecule has 1 aromatic carbocycles. The van der Waals surface area contributed by atoms with Crippen LogP contribution in [0.4, 0.5) is 0 Å². The monoisotopic (exact) mass is 196 g/mol. The lowest BCUT2D eigenvalue weighted by molar-refractivity contribution is 0.0696. The second-order valence-electron chi connectivity index (χ2n) is 2.56. The van der Waals surface area contributed by atoms with Crippen molar-refractivity contribution in [2.75, 3.05) is 0 Å². The fourth-order valence-electron chi connectivity index (χ4n) is 1.06. The molecule has 0 saturated carbocycles. The van der Waals surface area contributed by atoms with E-state index in [4.69, 9.17) is 16.7 Å². The molecule has 1 rings (SSSR count). The Balaban J connectivity index is 3.23. The van der Waals surface area contributed by atoms with Crippen LogP contribution in [0.5, 0.6) is 0 Å². The molecule has 13 heavy (non-hydrogen) atoms. The van der Waals surface area contributed by atoms with Crippen molar-refractivity contribution in [3.63, 3.8) is 0 Å². The van der Waals surface area contributed by atoms with Gasteiger partial charge < -0.3 is 5.11 Å². The molecule has 1 aromatic rings. The van der Waals surface area contributed by atoms with Gasteiger partial charge in [0.25, 0.3) is 0 Å². The lowest BCUT2D eigenvalue weighted by Gasteiger charge is -2.03. The largest absolute Gasteiger partial charge is 0.478 e. The predicted molar refractivity (Wildman–Crippen MR) is 53.0 cm³/mol. The van der Waals surface area contributed by atoms with Gasteiger partial charge in [-0.25, -0.2) is 4.79 Å². The highest BCUT2D eigenvalue weighted by Gasteiger charge is 2.08. The third-order valence-electron chi connectivity index (χ3n) is 1.74. The van der Waals surface area contributed by atoms with Gasteiger partial charge in [0.2, 0.25) is 0 Å². The second kappa shape index (κ2) is 4.10. The van der Waals surface area contributed by atoms with Crippen LogP contribution in [-0.2, 0) is 5.88 Å². The summed E-state index contributed by atoms with van der Waals surface area (Å²) in [5.74, 6) is -0.755. The fourth-order valence-corrected chi connectivity index (χ4v) is 1.28. The van der Waals surface area contributed by atoms with Crippen LogP contribution < -0.4 is 0 Å². The van der Waals surface area contributed by atoms with Crippen molar-refractivity contribution in [2.24, 2.45) is 0 Å². The quantitative estimate of drug-likeness (QED) is 0.755. The summed E-state index contributed by atoms with van der Waals surface area (Å²) in [6.45, 7) is 3.59. The Morgan fingerprint density at radius 2 is 2.31 bits per heavy atom. The van der Waals surface area contributed by atoms with E-state index in [1.54, 1.807) is 18.2 Å². The first-order valence-electron chi connectivity index (χ1n) is 3.73. The van der Waals surface area contributed by atoms with Crippen LogP contribution in [0.3, 0.4) is 0 Å². The summed E-state index contributed by atoms with van der Waals surface area (Å²) in [7, 11) is 0. The molecule has 0 aromatic heterocycles. The Morgan fingerprint density at radius 1 is 1.62 bits per heavy atom. The van der Waals surface area contributed by atoms with Gasteiger partial charge in [0, 0.05) is 5.88 Å². The molecule has 0 bridgehead atoms. The zero-order valence-corrected chi connectivity index (χ0v) is 7.71. The minimum atomic E-state index is -0.953. The average Bonchev–Trinajstić information content (AvgIpc) is 2.16. The Hall–Kier alpha value is -1.28. The minimum Gasteiger partial charge on any atom is -0.478 e. The Labute approximate surface area is 81.5 Å². The number of carboxylic acid groups (broad SMARTS) is 1. The summed E-state index contributed by atoms with van der Waals surface area (Å²) >= 11 is 5.61. The highest BCUT2D eigenvalue weighted by molar-refractivity contribution is 6.17. The first kappa shape index (κ1) is 9.81. The van der Waals surface area contributed by atoms with Crippen molar-refractivity contribution in [2.45, 2.75) is 5.88 Å².